The lowest BCUT2D eigenvalue weighted by Gasteiger charge is -2.65. The minimum Gasteiger partial charge on any atom is -0.539 e. The van der Waals surface area contributed by atoms with Crippen LogP contribution in [0.4, 0.5) is 52.7 Å². The van der Waals surface area contributed by atoms with E-state index >= 15 is 0 Å². The van der Waals surface area contributed by atoms with Gasteiger partial charge >= 0.3 is 31.0 Å². The summed E-state index contributed by atoms with van der Waals surface area (Å²) in [5.74, 6) is 0. The maximum Gasteiger partial charge on any atom is 0.427 e. The van der Waals surface area contributed by atoms with Gasteiger partial charge in [-0.05, 0) is 31.4 Å². The Morgan fingerprint density at radius 2 is 0.884 bits per heavy atom. The summed E-state index contributed by atoms with van der Waals surface area (Å²) < 4.78 is 189. The Balaban J connectivity index is 2.10. The van der Waals surface area contributed by atoms with Gasteiger partial charge in [0.25, 0.3) is 0 Å². The molecule has 5 rings (SSSR count). The number of halogens is 12. The summed E-state index contributed by atoms with van der Waals surface area (Å²) >= 11 is 0. The van der Waals surface area contributed by atoms with Crippen LogP contribution in [0, 0.1) is 20.8 Å². The van der Waals surface area contributed by atoms with Crippen LogP contribution in [0.2, 0.25) is 0 Å². The molecule has 0 spiro atoms. The second kappa shape index (κ2) is 9.37. The number of fused-ring (bicyclic) bond motifs is 5. The molecule has 2 aliphatic rings. The fraction of sp³-hybridized carbons (Fsp3) is 0.333. The maximum atomic E-state index is 14.9. The molecule has 0 aromatic heterocycles. The molecule has 2 aliphatic heterocycles. The number of hydrogen-bond acceptors (Lipinski definition) is 2. The molecule has 16 heteroatoms. The largest absolute Gasteiger partial charge is 0.539 e. The molecule has 0 unspecified atom stereocenters. The molecule has 0 bridgehead atoms. The van der Waals surface area contributed by atoms with Crippen molar-refractivity contribution in [2.24, 2.45) is 0 Å². The molecule has 3 aromatic rings. The monoisotopic (exact) mass is 645 g/mol. The molecule has 2 nitrogen and oxygen atoms in total. The average molecular weight is 645 g/mol. The van der Waals surface area contributed by atoms with Gasteiger partial charge in [0.15, 0.2) is 0 Å². The molecule has 0 aliphatic carbocycles. The molecule has 43 heavy (non-hydrogen) atoms. The molecule has 3 aromatic carbocycles. The zero-order chi connectivity index (χ0) is 32.2. The Labute approximate surface area is 237 Å². The van der Waals surface area contributed by atoms with Gasteiger partial charge in [-0.1, -0.05) is 77.4 Å². The summed E-state index contributed by atoms with van der Waals surface area (Å²) in [6, 6.07) is 8.82. The summed E-state index contributed by atoms with van der Waals surface area (Å²) in [4.78, 5) is 0. The van der Waals surface area contributed by atoms with Crippen molar-refractivity contribution in [2.45, 2.75) is 56.7 Å². The van der Waals surface area contributed by atoms with Crippen molar-refractivity contribution in [3.05, 3.63) is 88.5 Å². The standard InChI is InChI=1S/C27H19BF12O2P/c1-14-12-15(2)21(16(3)13-14)28-41-22(24(29,30)31,25(32,33)34)17-8-4-6-10-19(17)43(28)20-11-7-5-9-18(20)23(42-28,26(35,36)37)27(38,39)40/h4-13H,1-3H3/q-1. The van der Waals surface area contributed by atoms with E-state index in [-0.39, 0.29) is 11.1 Å². The fourth-order valence-electron chi connectivity index (χ4n) is 6.41. The smallest absolute Gasteiger partial charge is 0.427 e. The van der Waals surface area contributed by atoms with E-state index in [0.29, 0.717) is 17.7 Å². The number of rotatable bonds is 1. The number of aryl methyl sites for hydroxylation is 3. The van der Waals surface area contributed by atoms with Crippen molar-refractivity contribution >= 4 is 30.1 Å². The van der Waals surface area contributed by atoms with E-state index in [1.165, 1.54) is 19.1 Å². The first-order valence-electron chi connectivity index (χ1n) is 12.5. The Kier molecular flexibility index (Phi) is 6.90. The van der Waals surface area contributed by atoms with E-state index in [0.717, 1.165) is 50.2 Å². The lowest BCUT2D eigenvalue weighted by molar-refractivity contribution is -0.387. The van der Waals surface area contributed by atoms with Gasteiger partial charge in [0.1, 0.15) is 0 Å². The first kappa shape index (κ1) is 31.7. The summed E-state index contributed by atoms with van der Waals surface area (Å²) in [7, 11) is -3.07. The lowest BCUT2D eigenvalue weighted by atomic mass is 9.67. The molecule has 0 fully saturated rings. The van der Waals surface area contributed by atoms with Crippen molar-refractivity contribution in [1.82, 2.24) is 0 Å². The van der Waals surface area contributed by atoms with E-state index in [1.54, 1.807) is 0 Å². The van der Waals surface area contributed by atoms with Crippen LogP contribution in [0.3, 0.4) is 0 Å². The fourth-order valence-corrected chi connectivity index (χ4v) is 10.1. The summed E-state index contributed by atoms with van der Waals surface area (Å²) in [6.07, 6.45) is -30.6. The first-order chi connectivity index (χ1) is 19.6. The minimum atomic E-state index is -6.41. The van der Waals surface area contributed by atoms with Gasteiger partial charge in [-0.25, -0.2) is 0 Å². The van der Waals surface area contributed by atoms with E-state index < -0.39 is 77.2 Å². The van der Waals surface area contributed by atoms with Crippen LogP contribution < -0.4 is 16.1 Å². The van der Waals surface area contributed by atoms with E-state index in [4.69, 9.17) is 9.31 Å². The van der Waals surface area contributed by atoms with Crippen molar-refractivity contribution in [1.29, 1.82) is 0 Å². The van der Waals surface area contributed by atoms with E-state index in [9.17, 15) is 52.7 Å². The molecule has 0 N–H and O–H groups in total. The van der Waals surface area contributed by atoms with Crippen molar-refractivity contribution in [2.75, 3.05) is 0 Å². The van der Waals surface area contributed by atoms with Gasteiger partial charge in [0.05, 0.1) is 0 Å². The molecule has 0 radical (unpaired) electrons. The van der Waals surface area contributed by atoms with Gasteiger partial charge in [-0.15, -0.1) is 13.3 Å². The molecular formula is C27H19BF12O2P-. The molecule has 0 saturated heterocycles. The highest BCUT2D eigenvalue weighted by Gasteiger charge is 2.81. The third kappa shape index (κ3) is 4.10. The van der Waals surface area contributed by atoms with Crippen LogP contribution in [-0.4, -0.2) is 31.0 Å². The average Bonchev–Trinajstić information content (AvgIpc) is 2.84. The summed E-state index contributed by atoms with van der Waals surface area (Å²) in [5, 5.41) is -1.55. The topological polar surface area (TPSA) is 18.5 Å². The van der Waals surface area contributed by atoms with Crippen LogP contribution in [0.5, 0.6) is 0 Å². The number of alkyl halides is 12. The molecule has 0 amide bonds. The second-order valence-corrected chi connectivity index (χ2v) is 12.9. The van der Waals surface area contributed by atoms with Crippen LogP contribution in [0.1, 0.15) is 27.8 Å². The molecular weight excluding hydrogens is 626 g/mol. The van der Waals surface area contributed by atoms with Crippen molar-refractivity contribution in [3.8, 4) is 0 Å². The predicted molar refractivity (Wildman–Crippen MR) is 135 cm³/mol. The number of benzene rings is 3. The highest BCUT2D eigenvalue weighted by molar-refractivity contribution is 8.05. The SMILES string of the molecule is Cc1cc(C)c([B-]23OC(C(F)(F)F)(C(F)(F)F)c4ccccc4P2c2ccccc2C(C(F)(F)F)(C(F)(F)F)O3)c(C)c1. The zero-order valence-electron chi connectivity index (χ0n) is 22.2. The van der Waals surface area contributed by atoms with Crippen molar-refractivity contribution in [3.63, 3.8) is 0 Å². The van der Waals surface area contributed by atoms with Crippen LogP contribution >= 0.6 is 7.80 Å². The minimum absolute atomic E-state index is 0.208. The highest BCUT2D eigenvalue weighted by Crippen LogP contribution is 2.69. The summed E-state index contributed by atoms with van der Waals surface area (Å²) in [6.45, 7) is 3.79. The molecule has 232 valence electrons. The normalized spacial score (nSPS) is 23.3. The number of hydrogen-bond donors (Lipinski definition) is 0. The van der Waals surface area contributed by atoms with Crippen LogP contribution in [-0.2, 0) is 20.5 Å². The Morgan fingerprint density at radius 1 is 0.558 bits per heavy atom. The summed E-state index contributed by atoms with van der Waals surface area (Å²) in [5.41, 5.74) is -14.5. The van der Waals surface area contributed by atoms with Gasteiger partial charge in [-0.2, -0.15) is 52.7 Å². The Bertz CT molecular complexity index is 1460. The van der Waals surface area contributed by atoms with Gasteiger partial charge in [0, 0.05) is 11.1 Å². The third-order valence-corrected chi connectivity index (χ3v) is 10.8. The Hall–Kier alpha value is -2.77. The lowest BCUT2D eigenvalue weighted by Crippen LogP contribution is -2.77. The highest BCUT2D eigenvalue weighted by atomic mass is 31.1. The van der Waals surface area contributed by atoms with Crippen LogP contribution in [0.25, 0.3) is 0 Å². The Morgan fingerprint density at radius 3 is 1.21 bits per heavy atom. The maximum absolute atomic E-state index is 14.9. The zero-order valence-corrected chi connectivity index (χ0v) is 23.0. The van der Waals surface area contributed by atoms with Crippen molar-refractivity contribution < 1.29 is 62.0 Å². The van der Waals surface area contributed by atoms with Gasteiger partial charge in [-0.3, -0.25) is 0 Å². The first-order valence-corrected chi connectivity index (χ1v) is 13.9. The molecule has 0 saturated carbocycles. The van der Waals surface area contributed by atoms with Crippen LogP contribution in [0.15, 0.2) is 60.7 Å². The van der Waals surface area contributed by atoms with E-state index in [2.05, 4.69) is 0 Å². The second-order valence-electron chi connectivity index (χ2n) is 10.5. The van der Waals surface area contributed by atoms with Gasteiger partial charge in [0.2, 0.25) is 11.2 Å². The molecule has 0 atom stereocenters. The van der Waals surface area contributed by atoms with Gasteiger partial charge < -0.3 is 9.31 Å². The van der Waals surface area contributed by atoms with E-state index in [1.807, 2.05) is 0 Å². The predicted octanol–water partition coefficient (Wildman–Crippen LogP) is 7.59. The quantitative estimate of drug-likeness (QED) is 0.154. The third-order valence-electron chi connectivity index (χ3n) is 7.80. The molecule has 2 heterocycles.